The molecule has 0 aliphatic rings. The third-order valence-electron chi connectivity index (χ3n) is 2.52. The molecule has 8 heteroatoms. The summed E-state index contributed by atoms with van der Waals surface area (Å²) in [5.41, 5.74) is 6.92. The Bertz CT molecular complexity index is 585. The summed E-state index contributed by atoms with van der Waals surface area (Å²) >= 11 is 2.46. The second-order valence-electron chi connectivity index (χ2n) is 4.15. The Hall–Kier alpha value is -1.85. The van der Waals surface area contributed by atoms with Gasteiger partial charge in [0.1, 0.15) is 5.40 Å². The standard InChI is InChI=1S/C14H18N4O2S2/c1-3-4-7-21-13(18-14(19)20-2)17-12-6-5-10(22-9-15)8-11(12)16/h5-6,8H,3-4,7,16H2,1-2H3,(H,17,18,19). The number of thiocyanates is 1. The van der Waals surface area contributed by atoms with Crippen molar-refractivity contribution in [2.24, 2.45) is 4.99 Å². The number of carbonyl (C=O) groups excluding carboxylic acids is 1. The summed E-state index contributed by atoms with van der Waals surface area (Å²) in [6.07, 6.45) is 1.50. The molecule has 6 nitrogen and oxygen atoms in total. The molecular weight excluding hydrogens is 320 g/mol. The molecule has 118 valence electrons. The zero-order valence-electron chi connectivity index (χ0n) is 12.5. The molecule has 22 heavy (non-hydrogen) atoms. The molecule has 0 saturated carbocycles. The number of nitrogens with two attached hydrogens (primary N) is 1. The van der Waals surface area contributed by atoms with E-state index in [1.165, 1.54) is 18.9 Å². The SMILES string of the molecule is CCCCSC(=Nc1ccc(SC#N)cc1N)NC(=O)OC. The Labute approximate surface area is 138 Å². The van der Waals surface area contributed by atoms with Crippen LogP contribution in [0.2, 0.25) is 0 Å². The van der Waals surface area contributed by atoms with Gasteiger partial charge in [0.2, 0.25) is 0 Å². The number of rotatable bonds is 5. The molecule has 0 spiro atoms. The van der Waals surface area contributed by atoms with E-state index >= 15 is 0 Å². The minimum Gasteiger partial charge on any atom is -0.453 e. The summed E-state index contributed by atoms with van der Waals surface area (Å²) in [5, 5.41) is 13.7. The number of hydrogen-bond acceptors (Lipinski definition) is 7. The second kappa shape index (κ2) is 9.97. The maximum atomic E-state index is 11.4. The largest absolute Gasteiger partial charge is 0.453 e. The van der Waals surface area contributed by atoms with Crippen LogP contribution in [0.5, 0.6) is 0 Å². The van der Waals surface area contributed by atoms with Crippen LogP contribution in [0.1, 0.15) is 19.8 Å². The van der Waals surface area contributed by atoms with Crippen LogP contribution in [0, 0.1) is 10.7 Å². The molecule has 3 N–H and O–H groups in total. The molecule has 0 unspecified atom stereocenters. The lowest BCUT2D eigenvalue weighted by molar-refractivity contribution is 0.177. The van der Waals surface area contributed by atoms with Gasteiger partial charge in [-0.3, -0.25) is 5.32 Å². The van der Waals surface area contributed by atoms with E-state index < -0.39 is 6.09 Å². The Morgan fingerprint density at radius 1 is 1.55 bits per heavy atom. The van der Waals surface area contributed by atoms with Gasteiger partial charge in [0.05, 0.1) is 18.5 Å². The monoisotopic (exact) mass is 338 g/mol. The van der Waals surface area contributed by atoms with Crippen molar-refractivity contribution < 1.29 is 9.53 Å². The maximum absolute atomic E-state index is 11.4. The fraction of sp³-hybridized carbons (Fsp3) is 0.357. The fourth-order valence-corrected chi connectivity index (χ4v) is 2.78. The van der Waals surface area contributed by atoms with Crippen LogP contribution in [0.15, 0.2) is 28.1 Å². The lowest BCUT2D eigenvalue weighted by Crippen LogP contribution is -2.28. The molecule has 0 aliphatic heterocycles. The van der Waals surface area contributed by atoms with Crippen LogP contribution >= 0.6 is 23.5 Å². The number of hydrogen-bond donors (Lipinski definition) is 2. The molecule has 1 aromatic rings. The van der Waals surface area contributed by atoms with Crippen LogP contribution in [-0.2, 0) is 4.74 Å². The van der Waals surface area contributed by atoms with Gasteiger partial charge in [-0.15, -0.1) is 0 Å². The van der Waals surface area contributed by atoms with Gasteiger partial charge in [-0.1, -0.05) is 25.1 Å². The van der Waals surface area contributed by atoms with Crippen LogP contribution in [0.3, 0.4) is 0 Å². The van der Waals surface area contributed by atoms with Crippen molar-refractivity contribution in [2.75, 3.05) is 18.6 Å². The van der Waals surface area contributed by atoms with Crippen LogP contribution in [0.4, 0.5) is 16.2 Å². The number of nitrogen functional groups attached to an aromatic ring is 1. The molecule has 0 aliphatic carbocycles. The smallest absolute Gasteiger partial charge is 0.412 e. The lowest BCUT2D eigenvalue weighted by Gasteiger charge is -2.08. The van der Waals surface area contributed by atoms with E-state index in [0.29, 0.717) is 16.5 Å². The summed E-state index contributed by atoms with van der Waals surface area (Å²) in [5.74, 6) is 0.835. The van der Waals surface area contributed by atoms with Gasteiger partial charge in [0.15, 0.2) is 5.17 Å². The maximum Gasteiger partial charge on any atom is 0.412 e. The first kappa shape index (κ1) is 18.2. The number of alkyl carbamates (subject to hydrolysis) is 1. The highest BCUT2D eigenvalue weighted by atomic mass is 32.2. The number of unbranched alkanes of at least 4 members (excludes halogenated alkanes) is 1. The third kappa shape index (κ3) is 6.28. The van der Waals surface area contributed by atoms with Crippen LogP contribution < -0.4 is 11.1 Å². The Balaban J connectivity index is 2.93. The third-order valence-corrected chi connectivity index (χ3v) is 4.06. The number of nitriles is 1. The van der Waals surface area contributed by atoms with E-state index in [9.17, 15) is 4.79 Å². The Morgan fingerprint density at radius 3 is 2.91 bits per heavy atom. The summed E-state index contributed by atoms with van der Waals surface area (Å²) in [4.78, 5) is 16.5. The van der Waals surface area contributed by atoms with Gasteiger partial charge in [0.25, 0.3) is 0 Å². The summed E-state index contributed by atoms with van der Waals surface area (Å²) in [7, 11) is 1.30. The molecule has 0 fully saturated rings. The number of aliphatic imine (C=N–C) groups is 1. The van der Waals surface area contributed by atoms with Crippen molar-refractivity contribution >= 4 is 46.2 Å². The highest BCUT2D eigenvalue weighted by Gasteiger charge is 2.08. The number of nitrogens with zero attached hydrogens (tertiary/aromatic N) is 2. The van der Waals surface area contributed by atoms with Crippen molar-refractivity contribution in [3.05, 3.63) is 18.2 Å². The lowest BCUT2D eigenvalue weighted by atomic mass is 10.3. The number of amidine groups is 1. The van der Waals surface area contributed by atoms with Gasteiger partial charge in [0, 0.05) is 10.6 Å². The topological polar surface area (TPSA) is 101 Å². The van der Waals surface area contributed by atoms with E-state index in [0.717, 1.165) is 35.3 Å². The number of anilines is 1. The van der Waals surface area contributed by atoms with Crippen molar-refractivity contribution in [1.82, 2.24) is 5.32 Å². The highest BCUT2D eigenvalue weighted by molar-refractivity contribution is 8.13. The van der Waals surface area contributed by atoms with Crippen molar-refractivity contribution in [3.63, 3.8) is 0 Å². The number of ether oxygens (including phenoxy) is 1. The number of thioether (sulfide) groups is 2. The number of carbonyl (C=O) groups is 1. The average Bonchev–Trinajstić information content (AvgIpc) is 2.50. The highest BCUT2D eigenvalue weighted by Crippen LogP contribution is 2.28. The first-order valence-electron chi connectivity index (χ1n) is 6.62. The number of methoxy groups -OCH3 is 1. The zero-order chi connectivity index (χ0) is 16.4. The van der Waals surface area contributed by atoms with Gasteiger partial charge >= 0.3 is 6.09 Å². The van der Waals surface area contributed by atoms with Gasteiger partial charge < -0.3 is 10.5 Å². The minimum absolute atomic E-state index is 0.438. The summed E-state index contributed by atoms with van der Waals surface area (Å²) in [6.45, 7) is 2.09. The molecule has 0 radical (unpaired) electrons. The predicted octanol–water partition coefficient (Wildman–Crippen LogP) is 3.72. The molecule has 0 aromatic heterocycles. The van der Waals surface area contributed by atoms with Gasteiger partial charge in [-0.05, 0) is 36.4 Å². The predicted molar refractivity (Wildman–Crippen MR) is 92.3 cm³/mol. The van der Waals surface area contributed by atoms with Crippen LogP contribution in [0.25, 0.3) is 0 Å². The van der Waals surface area contributed by atoms with E-state index in [4.69, 9.17) is 11.0 Å². The molecule has 0 heterocycles. The van der Waals surface area contributed by atoms with Crippen LogP contribution in [-0.4, -0.2) is 24.1 Å². The number of nitrogens with one attached hydrogen (secondary N) is 1. The molecule has 1 rings (SSSR count). The van der Waals surface area contributed by atoms with E-state index in [-0.39, 0.29) is 0 Å². The summed E-state index contributed by atoms with van der Waals surface area (Å²) in [6, 6.07) is 5.16. The fourth-order valence-electron chi connectivity index (χ4n) is 1.41. The molecule has 0 saturated heterocycles. The average molecular weight is 338 g/mol. The second-order valence-corrected chi connectivity index (χ2v) is 6.09. The molecule has 1 aromatic carbocycles. The molecule has 0 bridgehead atoms. The molecule has 1 amide bonds. The van der Waals surface area contributed by atoms with Crippen molar-refractivity contribution in [1.29, 1.82) is 5.26 Å². The van der Waals surface area contributed by atoms with E-state index in [1.807, 2.05) is 5.40 Å². The summed E-state index contributed by atoms with van der Waals surface area (Å²) < 4.78 is 4.59. The van der Waals surface area contributed by atoms with Crippen molar-refractivity contribution in [3.8, 4) is 5.40 Å². The quantitative estimate of drug-likeness (QED) is 0.212. The molecular formula is C14H18N4O2S2. The Morgan fingerprint density at radius 2 is 2.32 bits per heavy atom. The van der Waals surface area contributed by atoms with E-state index in [2.05, 4.69) is 22.0 Å². The first-order valence-corrected chi connectivity index (χ1v) is 8.42. The number of amides is 1. The van der Waals surface area contributed by atoms with Crippen molar-refractivity contribution in [2.45, 2.75) is 24.7 Å². The normalized spacial score (nSPS) is 10.9. The van der Waals surface area contributed by atoms with Gasteiger partial charge in [-0.2, -0.15) is 5.26 Å². The minimum atomic E-state index is -0.571. The van der Waals surface area contributed by atoms with E-state index in [1.54, 1.807) is 18.2 Å². The first-order chi connectivity index (χ1) is 10.6. The molecule has 0 atom stereocenters. The number of benzene rings is 1. The van der Waals surface area contributed by atoms with Gasteiger partial charge in [-0.25, -0.2) is 9.79 Å². The Kier molecular flexibility index (Phi) is 8.25. The zero-order valence-corrected chi connectivity index (χ0v) is 14.1.